The monoisotopic (exact) mass is 196 g/mol. The molecule has 3 heteroatoms. The second-order valence-electron chi connectivity index (χ2n) is 4.67. The van der Waals surface area contributed by atoms with Crippen LogP contribution in [0.5, 0.6) is 0 Å². The van der Waals surface area contributed by atoms with Gasteiger partial charge in [0.05, 0.1) is 5.92 Å². The van der Waals surface area contributed by atoms with Crippen molar-refractivity contribution in [2.24, 2.45) is 5.92 Å². The SMILES string of the molecule is CC1NCCC1C(=O)N(C)C1CCC1. The maximum Gasteiger partial charge on any atom is 0.227 e. The first-order valence-corrected chi connectivity index (χ1v) is 5.70. The van der Waals surface area contributed by atoms with Gasteiger partial charge in [-0.25, -0.2) is 0 Å². The summed E-state index contributed by atoms with van der Waals surface area (Å²) >= 11 is 0. The van der Waals surface area contributed by atoms with Gasteiger partial charge >= 0.3 is 0 Å². The lowest BCUT2D eigenvalue weighted by atomic mass is 9.90. The highest BCUT2D eigenvalue weighted by atomic mass is 16.2. The maximum absolute atomic E-state index is 12.1. The molecule has 80 valence electrons. The Hall–Kier alpha value is -0.570. The smallest absolute Gasteiger partial charge is 0.227 e. The Balaban J connectivity index is 1.92. The summed E-state index contributed by atoms with van der Waals surface area (Å²) in [6, 6.07) is 0.903. The minimum Gasteiger partial charge on any atom is -0.342 e. The molecule has 1 amide bonds. The van der Waals surface area contributed by atoms with E-state index in [0.29, 0.717) is 18.0 Å². The van der Waals surface area contributed by atoms with Crippen molar-refractivity contribution in [3.63, 3.8) is 0 Å². The molecule has 1 saturated carbocycles. The van der Waals surface area contributed by atoms with Gasteiger partial charge in [-0.2, -0.15) is 0 Å². The molecule has 2 aliphatic rings. The van der Waals surface area contributed by atoms with Crippen molar-refractivity contribution in [1.29, 1.82) is 0 Å². The fourth-order valence-electron chi connectivity index (χ4n) is 2.41. The number of carbonyl (C=O) groups excluding carboxylic acids is 1. The molecule has 2 fully saturated rings. The fraction of sp³-hybridized carbons (Fsp3) is 0.909. The highest BCUT2D eigenvalue weighted by Gasteiger charge is 2.35. The minimum atomic E-state index is 0.223. The minimum absolute atomic E-state index is 0.223. The summed E-state index contributed by atoms with van der Waals surface area (Å²) in [7, 11) is 1.97. The molecular weight excluding hydrogens is 176 g/mol. The van der Waals surface area contributed by atoms with E-state index in [0.717, 1.165) is 13.0 Å². The average Bonchev–Trinajstić information content (AvgIpc) is 2.47. The summed E-state index contributed by atoms with van der Waals surface area (Å²) in [4.78, 5) is 14.1. The summed E-state index contributed by atoms with van der Waals surface area (Å²) in [5.41, 5.74) is 0. The molecule has 2 atom stereocenters. The molecule has 1 heterocycles. The molecule has 0 aromatic carbocycles. The number of hydrogen-bond acceptors (Lipinski definition) is 2. The summed E-state index contributed by atoms with van der Waals surface area (Å²) < 4.78 is 0. The van der Waals surface area contributed by atoms with Crippen LogP contribution in [-0.2, 0) is 4.79 Å². The Morgan fingerprint density at radius 3 is 2.50 bits per heavy atom. The number of nitrogens with one attached hydrogen (secondary N) is 1. The predicted molar refractivity (Wildman–Crippen MR) is 56.0 cm³/mol. The third-order valence-corrected chi connectivity index (χ3v) is 3.81. The van der Waals surface area contributed by atoms with Crippen LogP contribution in [-0.4, -0.2) is 36.5 Å². The molecule has 0 radical (unpaired) electrons. The second-order valence-corrected chi connectivity index (χ2v) is 4.67. The van der Waals surface area contributed by atoms with E-state index in [4.69, 9.17) is 0 Å². The largest absolute Gasteiger partial charge is 0.342 e. The van der Waals surface area contributed by atoms with Crippen LogP contribution in [0, 0.1) is 5.92 Å². The Morgan fingerprint density at radius 1 is 1.36 bits per heavy atom. The van der Waals surface area contributed by atoms with Gasteiger partial charge in [0.1, 0.15) is 0 Å². The van der Waals surface area contributed by atoms with Gasteiger partial charge in [0, 0.05) is 19.1 Å². The zero-order valence-corrected chi connectivity index (χ0v) is 9.12. The van der Waals surface area contributed by atoms with Gasteiger partial charge in [0.15, 0.2) is 0 Å². The Labute approximate surface area is 85.8 Å². The van der Waals surface area contributed by atoms with Crippen LogP contribution in [0.4, 0.5) is 0 Å². The van der Waals surface area contributed by atoms with Gasteiger partial charge in [0.25, 0.3) is 0 Å². The normalized spacial score (nSPS) is 32.7. The quantitative estimate of drug-likeness (QED) is 0.714. The molecule has 1 N–H and O–H groups in total. The summed E-state index contributed by atoms with van der Waals surface area (Å²) in [5.74, 6) is 0.577. The van der Waals surface area contributed by atoms with Crippen molar-refractivity contribution in [1.82, 2.24) is 10.2 Å². The van der Waals surface area contributed by atoms with Crippen LogP contribution >= 0.6 is 0 Å². The Bertz CT molecular complexity index is 225. The van der Waals surface area contributed by atoms with Crippen LogP contribution < -0.4 is 5.32 Å². The number of amides is 1. The molecule has 1 aliphatic carbocycles. The van der Waals surface area contributed by atoms with Crippen molar-refractivity contribution in [3.8, 4) is 0 Å². The first-order valence-electron chi connectivity index (χ1n) is 5.70. The molecule has 0 bridgehead atoms. The number of hydrogen-bond donors (Lipinski definition) is 1. The van der Waals surface area contributed by atoms with E-state index < -0.39 is 0 Å². The van der Waals surface area contributed by atoms with E-state index in [2.05, 4.69) is 12.2 Å². The average molecular weight is 196 g/mol. The molecule has 1 saturated heterocycles. The highest BCUT2D eigenvalue weighted by Crippen LogP contribution is 2.27. The molecule has 2 rings (SSSR count). The van der Waals surface area contributed by atoms with Gasteiger partial charge in [-0.3, -0.25) is 4.79 Å². The first kappa shape index (κ1) is 9.97. The summed E-state index contributed by atoms with van der Waals surface area (Å²) in [5, 5.41) is 3.33. The number of carbonyl (C=O) groups is 1. The Kier molecular flexibility index (Phi) is 2.77. The summed E-state index contributed by atoms with van der Waals surface area (Å²) in [6.07, 6.45) is 4.71. The number of nitrogens with zero attached hydrogens (tertiary/aromatic N) is 1. The lowest BCUT2D eigenvalue weighted by Gasteiger charge is -2.36. The van der Waals surface area contributed by atoms with Crippen molar-refractivity contribution in [2.45, 2.75) is 44.7 Å². The van der Waals surface area contributed by atoms with Crippen molar-refractivity contribution >= 4 is 5.91 Å². The lowest BCUT2D eigenvalue weighted by Crippen LogP contribution is -2.46. The molecule has 14 heavy (non-hydrogen) atoms. The van der Waals surface area contributed by atoms with Crippen LogP contribution in [0.25, 0.3) is 0 Å². The van der Waals surface area contributed by atoms with Crippen LogP contribution in [0.2, 0.25) is 0 Å². The molecule has 1 aliphatic heterocycles. The first-order chi connectivity index (χ1) is 6.70. The van der Waals surface area contributed by atoms with E-state index in [9.17, 15) is 4.79 Å². The van der Waals surface area contributed by atoms with E-state index >= 15 is 0 Å². The van der Waals surface area contributed by atoms with E-state index in [1.54, 1.807) is 0 Å². The second kappa shape index (κ2) is 3.89. The van der Waals surface area contributed by atoms with E-state index in [1.165, 1.54) is 19.3 Å². The zero-order chi connectivity index (χ0) is 10.1. The van der Waals surface area contributed by atoms with Gasteiger partial charge in [-0.1, -0.05) is 0 Å². The van der Waals surface area contributed by atoms with Gasteiger partial charge in [-0.05, 0) is 39.2 Å². The standard InChI is InChI=1S/C11H20N2O/c1-8-10(6-7-12-8)11(14)13(2)9-4-3-5-9/h8-10,12H,3-7H2,1-2H3. The summed E-state index contributed by atoms with van der Waals surface area (Å²) in [6.45, 7) is 3.11. The van der Waals surface area contributed by atoms with Crippen LogP contribution in [0.3, 0.4) is 0 Å². The molecule has 0 spiro atoms. The highest BCUT2D eigenvalue weighted by molar-refractivity contribution is 5.80. The molecule has 2 unspecified atom stereocenters. The molecule has 0 aromatic rings. The van der Waals surface area contributed by atoms with Crippen molar-refractivity contribution in [2.75, 3.05) is 13.6 Å². The van der Waals surface area contributed by atoms with E-state index in [-0.39, 0.29) is 5.92 Å². The van der Waals surface area contributed by atoms with E-state index in [1.807, 2.05) is 11.9 Å². The molecule has 3 nitrogen and oxygen atoms in total. The molecular formula is C11H20N2O. The predicted octanol–water partition coefficient (Wildman–Crippen LogP) is 0.995. The Morgan fingerprint density at radius 2 is 2.07 bits per heavy atom. The van der Waals surface area contributed by atoms with Gasteiger partial charge in [0.2, 0.25) is 5.91 Å². The third kappa shape index (κ3) is 1.65. The fourth-order valence-corrected chi connectivity index (χ4v) is 2.41. The van der Waals surface area contributed by atoms with Crippen LogP contribution in [0.15, 0.2) is 0 Å². The topological polar surface area (TPSA) is 32.3 Å². The van der Waals surface area contributed by atoms with Gasteiger partial charge in [-0.15, -0.1) is 0 Å². The third-order valence-electron chi connectivity index (χ3n) is 3.81. The van der Waals surface area contributed by atoms with Gasteiger partial charge < -0.3 is 10.2 Å². The van der Waals surface area contributed by atoms with Crippen molar-refractivity contribution in [3.05, 3.63) is 0 Å². The maximum atomic E-state index is 12.1. The lowest BCUT2D eigenvalue weighted by molar-refractivity contribution is -0.138. The zero-order valence-electron chi connectivity index (χ0n) is 9.12. The molecule has 0 aromatic heterocycles. The number of rotatable bonds is 2. The van der Waals surface area contributed by atoms with Crippen LogP contribution in [0.1, 0.15) is 32.6 Å². The van der Waals surface area contributed by atoms with Crippen molar-refractivity contribution < 1.29 is 4.79 Å².